The average Bonchev–Trinajstić information content (AvgIpc) is 2.82. The van der Waals surface area contributed by atoms with Gasteiger partial charge in [-0.3, -0.25) is 9.48 Å². The lowest BCUT2D eigenvalue weighted by atomic mass is 10.0. The van der Waals surface area contributed by atoms with E-state index in [9.17, 15) is 4.79 Å². The molecule has 2 aromatic rings. The highest BCUT2D eigenvalue weighted by atomic mass is 16.1. The van der Waals surface area contributed by atoms with Crippen LogP contribution in [0.25, 0.3) is 11.3 Å². The van der Waals surface area contributed by atoms with Gasteiger partial charge in [0.05, 0.1) is 12.2 Å². The highest BCUT2D eigenvalue weighted by Gasteiger charge is 2.08. The summed E-state index contributed by atoms with van der Waals surface area (Å²) in [5, 5.41) is 4.43. The maximum Gasteiger partial charge on any atom is 0.168 e. The van der Waals surface area contributed by atoms with Crippen LogP contribution in [0.5, 0.6) is 0 Å². The molecule has 0 atom stereocenters. The van der Waals surface area contributed by atoms with E-state index in [1.807, 2.05) is 12.1 Å². The zero-order valence-electron chi connectivity index (χ0n) is 11.3. The van der Waals surface area contributed by atoms with Gasteiger partial charge < -0.3 is 0 Å². The van der Waals surface area contributed by atoms with Gasteiger partial charge in [0.15, 0.2) is 6.29 Å². The minimum Gasteiger partial charge on any atom is -0.296 e. The van der Waals surface area contributed by atoms with Crippen molar-refractivity contribution in [2.24, 2.45) is 0 Å². The van der Waals surface area contributed by atoms with Gasteiger partial charge in [-0.1, -0.05) is 44.2 Å². The van der Waals surface area contributed by atoms with E-state index in [2.05, 4.69) is 37.7 Å². The fourth-order valence-electron chi connectivity index (χ4n) is 1.97. The third kappa shape index (κ3) is 2.81. The molecule has 0 unspecified atom stereocenters. The number of aromatic nitrogens is 2. The summed E-state index contributed by atoms with van der Waals surface area (Å²) in [6.45, 7) is 8.54. The van der Waals surface area contributed by atoms with E-state index in [0.717, 1.165) is 17.5 Å². The lowest BCUT2D eigenvalue weighted by molar-refractivity contribution is 0.111. The Morgan fingerprint density at radius 3 is 2.53 bits per heavy atom. The number of allylic oxidation sites excluding steroid dienone is 1. The number of nitrogens with zero attached hydrogens (tertiary/aromatic N) is 2. The normalized spacial score (nSPS) is 10.7. The van der Waals surface area contributed by atoms with E-state index in [1.165, 1.54) is 5.56 Å². The Bertz CT molecular complexity index is 579. The first-order valence-electron chi connectivity index (χ1n) is 6.40. The number of carbonyl (C=O) groups is 1. The van der Waals surface area contributed by atoms with Crippen LogP contribution in [0.3, 0.4) is 0 Å². The summed E-state index contributed by atoms with van der Waals surface area (Å²) in [4.78, 5) is 11.0. The van der Waals surface area contributed by atoms with Crippen LogP contribution in [0.2, 0.25) is 0 Å². The Kier molecular flexibility index (Phi) is 3.95. The summed E-state index contributed by atoms with van der Waals surface area (Å²) in [6, 6.07) is 10.1. The van der Waals surface area contributed by atoms with E-state index in [-0.39, 0.29) is 0 Å². The predicted octanol–water partition coefficient (Wildman–Crippen LogP) is 3.67. The molecule has 1 heterocycles. The Labute approximate surface area is 113 Å². The zero-order valence-corrected chi connectivity index (χ0v) is 11.3. The highest BCUT2D eigenvalue weighted by Crippen LogP contribution is 2.22. The Morgan fingerprint density at radius 1 is 1.32 bits per heavy atom. The molecular weight excluding hydrogens is 236 g/mol. The van der Waals surface area contributed by atoms with Gasteiger partial charge in [-0.15, -0.1) is 6.58 Å². The summed E-state index contributed by atoms with van der Waals surface area (Å²) in [5.41, 5.74) is 3.71. The van der Waals surface area contributed by atoms with Crippen molar-refractivity contribution in [3.05, 3.63) is 54.2 Å². The number of benzene rings is 1. The lowest BCUT2D eigenvalue weighted by Gasteiger charge is -2.05. The van der Waals surface area contributed by atoms with Crippen molar-refractivity contribution in [1.29, 1.82) is 0 Å². The minimum atomic E-state index is 0.512. The number of carbonyl (C=O) groups excluding carboxylic acids is 1. The van der Waals surface area contributed by atoms with Crippen molar-refractivity contribution in [3.8, 4) is 11.3 Å². The molecular formula is C16H18N2O. The molecule has 0 aliphatic rings. The number of hydrogen-bond acceptors (Lipinski definition) is 2. The molecule has 0 aliphatic carbocycles. The van der Waals surface area contributed by atoms with Crippen LogP contribution in [0.15, 0.2) is 43.0 Å². The molecule has 1 aromatic heterocycles. The molecule has 1 aromatic carbocycles. The lowest BCUT2D eigenvalue weighted by Crippen LogP contribution is -2.01. The van der Waals surface area contributed by atoms with Gasteiger partial charge in [0, 0.05) is 5.56 Å². The summed E-state index contributed by atoms with van der Waals surface area (Å²) in [5.74, 6) is 0.512. The molecule has 3 heteroatoms. The largest absolute Gasteiger partial charge is 0.296 e. The SMILES string of the molecule is C=CCn1nc(-c2ccc(C(C)C)cc2)cc1C=O. The number of hydrogen-bond donors (Lipinski definition) is 0. The molecule has 3 nitrogen and oxygen atoms in total. The maximum atomic E-state index is 11.0. The van der Waals surface area contributed by atoms with Crippen LogP contribution in [0.4, 0.5) is 0 Å². The van der Waals surface area contributed by atoms with Crippen molar-refractivity contribution in [3.63, 3.8) is 0 Å². The number of rotatable bonds is 5. The minimum absolute atomic E-state index is 0.512. The fraction of sp³-hybridized carbons (Fsp3) is 0.250. The van der Waals surface area contributed by atoms with Crippen LogP contribution >= 0.6 is 0 Å². The summed E-state index contributed by atoms with van der Waals surface area (Å²) < 4.78 is 1.66. The third-order valence-corrected chi connectivity index (χ3v) is 3.11. The molecule has 0 saturated carbocycles. The predicted molar refractivity (Wildman–Crippen MR) is 77.3 cm³/mol. The topological polar surface area (TPSA) is 34.9 Å². The Balaban J connectivity index is 2.35. The summed E-state index contributed by atoms with van der Waals surface area (Å²) >= 11 is 0. The van der Waals surface area contributed by atoms with Gasteiger partial charge in [-0.25, -0.2) is 0 Å². The van der Waals surface area contributed by atoms with Crippen LogP contribution in [-0.2, 0) is 6.54 Å². The van der Waals surface area contributed by atoms with Gasteiger partial charge >= 0.3 is 0 Å². The summed E-state index contributed by atoms with van der Waals surface area (Å²) in [6.07, 6.45) is 2.55. The van der Waals surface area contributed by atoms with Crippen LogP contribution in [-0.4, -0.2) is 16.1 Å². The average molecular weight is 254 g/mol. The molecule has 0 radical (unpaired) electrons. The number of aldehydes is 1. The van der Waals surface area contributed by atoms with Gasteiger partial charge in [0.1, 0.15) is 5.69 Å². The van der Waals surface area contributed by atoms with E-state index in [1.54, 1.807) is 16.8 Å². The third-order valence-electron chi connectivity index (χ3n) is 3.11. The van der Waals surface area contributed by atoms with E-state index >= 15 is 0 Å². The molecule has 98 valence electrons. The fourth-order valence-corrected chi connectivity index (χ4v) is 1.97. The Hall–Kier alpha value is -2.16. The smallest absolute Gasteiger partial charge is 0.168 e. The van der Waals surface area contributed by atoms with Gasteiger partial charge in [0.25, 0.3) is 0 Å². The maximum absolute atomic E-state index is 11.0. The van der Waals surface area contributed by atoms with Crippen LogP contribution < -0.4 is 0 Å². The second-order valence-corrected chi connectivity index (χ2v) is 4.82. The van der Waals surface area contributed by atoms with Crippen molar-refractivity contribution in [2.45, 2.75) is 26.3 Å². The van der Waals surface area contributed by atoms with E-state index < -0.39 is 0 Å². The first-order valence-corrected chi connectivity index (χ1v) is 6.40. The van der Waals surface area contributed by atoms with Crippen molar-refractivity contribution < 1.29 is 4.79 Å². The van der Waals surface area contributed by atoms with Crippen molar-refractivity contribution in [2.75, 3.05) is 0 Å². The molecule has 0 aliphatic heterocycles. The summed E-state index contributed by atoms with van der Waals surface area (Å²) in [7, 11) is 0. The second-order valence-electron chi connectivity index (χ2n) is 4.82. The van der Waals surface area contributed by atoms with Crippen LogP contribution in [0, 0.1) is 0 Å². The molecule has 0 spiro atoms. The van der Waals surface area contributed by atoms with E-state index in [4.69, 9.17) is 0 Å². The highest BCUT2D eigenvalue weighted by molar-refractivity contribution is 5.75. The van der Waals surface area contributed by atoms with Gasteiger partial charge in [-0.05, 0) is 17.5 Å². The zero-order chi connectivity index (χ0) is 13.8. The van der Waals surface area contributed by atoms with E-state index in [0.29, 0.717) is 18.2 Å². The standard InChI is InChI=1S/C16H18N2O/c1-4-9-18-15(11-19)10-16(17-18)14-7-5-13(6-8-14)12(2)3/h4-8,10-12H,1,9H2,2-3H3. The monoisotopic (exact) mass is 254 g/mol. The van der Waals surface area contributed by atoms with Crippen molar-refractivity contribution in [1.82, 2.24) is 9.78 Å². The Morgan fingerprint density at radius 2 is 2.00 bits per heavy atom. The van der Waals surface area contributed by atoms with Gasteiger partial charge in [-0.2, -0.15) is 5.10 Å². The first-order chi connectivity index (χ1) is 9.15. The first kappa shape index (κ1) is 13.3. The quantitative estimate of drug-likeness (QED) is 0.602. The molecule has 0 fully saturated rings. The van der Waals surface area contributed by atoms with Crippen molar-refractivity contribution >= 4 is 6.29 Å². The second kappa shape index (κ2) is 5.65. The molecule has 0 N–H and O–H groups in total. The van der Waals surface area contributed by atoms with Gasteiger partial charge in [0.2, 0.25) is 0 Å². The van der Waals surface area contributed by atoms with Crippen LogP contribution in [0.1, 0.15) is 35.8 Å². The molecule has 0 amide bonds. The molecule has 2 rings (SSSR count). The molecule has 19 heavy (non-hydrogen) atoms. The molecule has 0 bridgehead atoms. The molecule has 0 saturated heterocycles.